The number of primary amides is 1. The van der Waals surface area contributed by atoms with Gasteiger partial charge in [0.05, 0.1) is 21.5 Å². The third-order valence-electron chi connectivity index (χ3n) is 2.97. The van der Waals surface area contributed by atoms with Crippen molar-refractivity contribution < 1.29 is 4.79 Å². The third kappa shape index (κ3) is 2.01. The lowest BCUT2D eigenvalue weighted by molar-refractivity contribution is -0.126. The number of nitrogen functional groups attached to an aromatic ring is 1. The van der Waals surface area contributed by atoms with E-state index in [1.165, 1.54) is 0 Å². The molecule has 0 aliphatic carbocycles. The molecule has 0 fully saturated rings. The first-order valence-corrected chi connectivity index (χ1v) is 5.91. The second-order valence-corrected chi connectivity index (χ2v) is 5.32. The van der Waals surface area contributed by atoms with Crippen molar-refractivity contribution in [1.82, 2.24) is 9.55 Å². The molecule has 96 valence electrons. The van der Waals surface area contributed by atoms with E-state index in [9.17, 15) is 4.79 Å². The smallest absolute Gasteiger partial charge is 0.224 e. The molecule has 0 aliphatic heterocycles. The normalized spacial score (nSPS) is 11.9. The van der Waals surface area contributed by atoms with Crippen molar-refractivity contribution >= 4 is 34.5 Å². The zero-order chi connectivity index (χ0) is 13.5. The van der Waals surface area contributed by atoms with Crippen LogP contribution in [0, 0.1) is 5.41 Å². The van der Waals surface area contributed by atoms with Crippen LogP contribution in [0.4, 0.5) is 5.95 Å². The van der Waals surface area contributed by atoms with Gasteiger partial charge in [-0.25, -0.2) is 4.98 Å². The highest BCUT2D eigenvalue weighted by Crippen LogP contribution is 2.29. The van der Waals surface area contributed by atoms with E-state index >= 15 is 0 Å². The summed E-state index contributed by atoms with van der Waals surface area (Å²) in [5.74, 6) is -0.0665. The fourth-order valence-electron chi connectivity index (χ4n) is 1.79. The summed E-state index contributed by atoms with van der Waals surface area (Å²) in [5.41, 5.74) is 12.0. The number of carbonyl (C=O) groups is 1. The first-order valence-electron chi connectivity index (χ1n) is 5.53. The van der Waals surface area contributed by atoms with Crippen molar-refractivity contribution in [3.8, 4) is 0 Å². The molecule has 0 aliphatic rings. The van der Waals surface area contributed by atoms with E-state index in [1.807, 2.05) is 6.07 Å². The SMILES string of the molecule is CC(C)(Cn1c(N)nc2cccc(Cl)c21)C(N)=O. The quantitative estimate of drug-likeness (QED) is 0.888. The Bertz CT molecular complexity index is 618. The second-order valence-electron chi connectivity index (χ2n) is 4.91. The second kappa shape index (κ2) is 4.17. The fourth-order valence-corrected chi connectivity index (χ4v) is 2.06. The zero-order valence-corrected chi connectivity index (χ0v) is 11.0. The highest BCUT2D eigenvalue weighted by Gasteiger charge is 2.27. The Morgan fingerprint density at radius 1 is 1.50 bits per heavy atom. The number of amides is 1. The zero-order valence-electron chi connectivity index (χ0n) is 10.3. The highest BCUT2D eigenvalue weighted by molar-refractivity contribution is 6.35. The Morgan fingerprint density at radius 2 is 2.17 bits per heavy atom. The van der Waals surface area contributed by atoms with Crippen molar-refractivity contribution in [2.45, 2.75) is 20.4 Å². The minimum atomic E-state index is -0.721. The topological polar surface area (TPSA) is 86.9 Å². The molecular formula is C12H15ClN4O. The first kappa shape index (κ1) is 12.7. The molecule has 0 saturated carbocycles. The molecule has 2 aromatic rings. The van der Waals surface area contributed by atoms with Crippen LogP contribution in [-0.4, -0.2) is 15.5 Å². The van der Waals surface area contributed by atoms with Crippen LogP contribution in [0.3, 0.4) is 0 Å². The minimum absolute atomic E-state index is 0.326. The van der Waals surface area contributed by atoms with Gasteiger partial charge in [-0.15, -0.1) is 0 Å². The Balaban J connectivity index is 2.58. The molecular weight excluding hydrogens is 252 g/mol. The third-order valence-corrected chi connectivity index (χ3v) is 3.27. The molecule has 1 amide bonds. The lowest BCUT2D eigenvalue weighted by atomic mass is 9.92. The molecule has 1 aromatic heterocycles. The number of hydrogen-bond acceptors (Lipinski definition) is 3. The van der Waals surface area contributed by atoms with Crippen molar-refractivity contribution in [3.05, 3.63) is 23.2 Å². The average molecular weight is 267 g/mol. The van der Waals surface area contributed by atoms with Gasteiger partial charge >= 0.3 is 0 Å². The number of carbonyl (C=O) groups excluding carboxylic acids is 1. The monoisotopic (exact) mass is 266 g/mol. The summed E-state index contributed by atoms with van der Waals surface area (Å²) < 4.78 is 1.72. The van der Waals surface area contributed by atoms with Crippen molar-refractivity contribution in [2.75, 3.05) is 5.73 Å². The van der Waals surface area contributed by atoms with Gasteiger partial charge in [0, 0.05) is 6.54 Å². The highest BCUT2D eigenvalue weighted by atomic mass is 35.5. The first-order chi connectivity index (χ1) is 8.33. The number of rotatable bonds is 3. The number of fused-ring (bicyclic) bond motifs is 1. The van der Waals surface area contributed by atoms with E-state index in [2.05, 4.69) is 4.98 Å². The van der Waals surface area contributed by atoms with Crippen LogP contribution in [0.25, 0.3) is 11.0 Å². The number of imidazole rings is 1. The van der Waals surface area contributed by atoms with Gasteiger partial charge in [0.25, 0.3) is 0 Å². The number of halogens is 1. The molecule has 4 N–H and O–H groups in total. The van der Waals surface area contributed by atoms with Gasteiger partial charge in [-0.05, 0) is 26.0 Å². The maximum absolute atomic E-state index is 11.4. The van der Waals surface area contributed by atoms with Crippen LogP contribution >= 0.6 is 11.6 Å². The van der Waals surface area contributed by atoms with Crippen LogP contribution in [-0.2, 0) is 11.3 Å². The molecule has 0 radical (unpaired) electrons. The number of aromatic nitrogens is 2. The van der Waals surface area contributed by atoms with E-state index in [0.717, 1.165) is 5.52 Å². The van der Waals surface area contributed by atoms with Gasteiger partial charge in [-0.2, -0.15) is 0 Å². The maximum Gasteiger partial charge on any atom is 0.224 e. The summed E-state index contributed by atoms with van der Waals surface area (Å²) in [6, 6.07) is 5.39. The molecule has 0 spiro atoms. The van der Waals surface area contributed by atoms with Gasteiger partial charge in [-0.1, -0.05) is 17.7 Å². The van der Waals surface area contributed by atoms with E-state index in [0.29, 0.717) is 23.0 Å². The van der Waals surface area contributed by atoms with Gasteiger partial charge in [0.15, 0.2) is 0 Å². The lowest BCUT2D eigenvalue weighted by Crippen LogP contribution is -2.35. The lowest BCUT2D eigenvalue weighted by Gasteiger charge is -2.22. The Morgan fingerprint density at radius 3 is 2.78 bits per heavy atom. The summed E-state index contributed by atoms with van der Waals surface area (Å²) in [4.78, 5) is 15.6. The standard InChI is InChI=1S/C12H15ClN4O/c1-12(2,10(14)18)6-17-9-7(13)4-3-5-8(9)16-11(17)15/h3-5H,6H2,1-2H3,(H2,14,18)(H2,15,16). The van der Waals surface area contributed by atoms with E-state index in [-0.39, 0.29) is 0 Å². The number of hydrogen-bond donors (Lipinski definition) is 2. The molecule has 6 heteroatoms. The number of para-hydroxylation sites is 1. The van der Waals surface area contributed by atoms with E-state index < -0.39 is 11.3 Å². The predicted octanol–water partition coefficient (Wildman–Crippen LogP) is 1.78. The van der Waals surface area contributed by atoms with Gasteiger partial charge in [-0.3, -0.25) is 4.79 Å². The Kier molecular flexibility index (Phi) is 2.94. The van der Waals surface area contributed by atoms with Crippen LogP contribution in [0.15, 0.2) is 18.2 Å². The number of nitrogens with zero attached hydrogens (tertiary/aromatic N) is 2. The van der Waals surface area contributed by atoms with Crippen molar-refractivity contribution in [3.63, 3.8) is 0 Å². The minimum Gasteiger partial charge on any atom is -0.369 e. The molecule has 5 nitrogen and oxygen atoms in total. The number of anilines is 1. The Labute approximate surface area is 110 Å². The number of benzene rings is 1. The van der Waals surface area contributed by atoms with Crippen LogP contribution in [0.5, 0.6) is 0 Å². The van der Waals surface area contributed by atoms with Crippen LogP contribution < -0.4 is 11.5 Å². The molecule has 1 aromatic carbocycles. The average Bonchev–Trinajstić information content (AvgIpc) is 2.56. The van der Waals surface area contributed by atoms with Gasteiger partial charge in [0.2, 0.25) is 11.9 Å². The summed E-state index contributed by atoms with van der Waals surface area (Å²) in [7, 11) is 0. The molecule has 0 saturated heterocycles. The largest absolute Gasteiger partial charge is 0.369 e. The van der Waals surface area contributed by atoms with Gasteiger partial charge in [0.1, 0.15) is 0 Å². The fraction of sp³-hybridized carbons (Fsp3) is 0.333. The summed E-state index contributed by atoms with van der Waals surface area (Å²) in [6.07, 6.45) is 0. The molecule has 0 unspecified atom stereocenters. The Hall–Kier alpha value is -1.75. The van der Waals surface area contributed by atoms with Crippen molar-refractivity contribution in [2.24, 2.45) is 11.1 Å². The van der Waals surface area contributed by atoms with Crippen LogP contribution in [0.2, 0.25) is 5.02 Å². The van der Waals surface area contributed by atoms with E-state index in [1.54, 1.807) is 30.5 Å². The molecule has 18 heavy (non-hydrogen) atoms. The van der Waals surface area contributed by atoms with Crippen molar-refractivity contribution in [1.29, 1.82) is 0 Å². The summed E-state index contributed by atoms with van der Waals surface area (Å²) >= 11 is 6.15. The molecule has 0 bridgehead atoms. The number of nitrogens with two attached hydrogens (primary N) is 2. The summed E-state index contributed by atoms with van der Waals surface area (Å²) in [6.45, 7) is 3.86. The van der Waals surface area contributed by atoms with E-state index in [4.69, 9.17) is 23.1 Å². The van der Waals surface area contributed by atoms with Gasteiger partial charge < -0.3 is 16.0 Å². The molecule has 2 rings (SSSR count). The summed E-state index contributed by atoms with van der Waals surface area (Å²) in [5, 5.41) is 0.553. The van der Waals surface area contributed by atoms with Crippen LogP contribution in [0.1, 0.15) is 13.8 Å². The molecule has 0 atom stereocenters. The molecule has 1 heterocycles. The predicted molar refractivity (Wildman–Crippen MR) is 72.1 cm³/mol. The maximum atomic E-state index is 11.4.